The molecule has 3 aromatic carbocycles. The Bertz CT molecular complexity index is 1270. The Hall–Kier alpha value is -3.09. The first-order valence-electron chi connectivity index (χ1n) is 10.2. The van der Waals surface area contributed by atoms with Gasteiger partial charge in [0.1, 0.15) is 0 Å². The fraction of sp³-hybridized carbons (Fsp3) is 0.160. The van der Waals surface area contributed by atoms with Crippen molar-refractivity contribution in [3.63, 3.8) is 0 Å². The summed E-state index contributed by atoms with van der Waals surface area (Å²) in [7, 11) is 0. The monoisotopic (exact) mass is 462 g/mol. The summed E-state index contributed by atoms with van der Waals surface area (Å²) in [5.74, 6) is 0.832. The Morgan fingerprint density at radius 3 is 2.47 bits per heavy atom. The van der Waals surface area contributed by atoms with E-state index in [1.807, 2.05) is 86.0 Å². The number of hydrogen-bond acceptors (Lipinski definition) is 4. The van der Waals surface area contributed by atoms with E-state index in [2.05, 4.69) is 21.6 Å². The summed E-state index contributed by atoms with van der Waals surface area (Å²) in [5.41, 5.74) is 5.93. The minimum absolute atomic E-state index is 0.0875. The normalized spacial score (nSPS) is 10.9. The van der Waals surface area contributed by atoms with Gasteiger partial charge in [-0.15, -0.1) is 10.2 Å². The Balaban J connectivity index is 1.61. The Labute approximate surface area is 196 Å². The third-order valence-corrected chi connectivity index (χ3v) is 6.18. The van der Waals surface area contributed by atoms with Crippen LogP contribution < -0.4 is 5.32 Å². The zero-order chi connectivity index (χ0) is 22.7. The summed E-state index contributed by atoms with van der Waals surface area (Å²) in [6.07, 6.45) is 0. The molecular formula is C25H23ClN4OS. The van der Waals surface area contributed by atoms with E-state index in [-0.39, 0.29) is 11.7 Å². The number of thioether (sulfide) groups is 1. The molecule has 0 aliphatic heterocycles. The Morgan fingerprint density at radius 2 is 1.72 bits per heavy atom. The van der Waals surface area contributed by atoms with Crippen molar-refractivity contribution in [1.29, 1.82) is 0 Å². The van der Waals surface area contributed by atoms with E-state index in [0.717, 1.165) is 33.6 Å². The van der Waals surface area contributed by atoms with Crippen LogP contribution in [-0.4, -0.2) is 26.4 Å². The molecule has 7 heteroatoms. The molecule has 4 rings (SSSR count). The second kappa shape index (κ2) is 9.59. The van der Waals surface area contributed by atoms with Gasteiger partial charge in [0, 0.05) is 22.0 Å². The van der Waals surface area contributed by atoms with Crippen molar-refractivity contribution < 1.29 is 4.79 Å². The first-order chi connectivity index (χ1) is 15.4. The summed E-state index contributed by atoms with van der Waals surface area (Å²) < 4.78 is 1.98. The van der Waals surface area contributed by atoms with Gasteiger partial charge >= 0.3 is 0 Å². The van der Waals surface area contributed by atoms with Gasteiger partial charge in [0.2, 0.25) is 5.91 Å². The fourth-order valence-corrected chi connectivity index (χ4v) is 4.21. The van der Waals surface area contributed by atoms with Crippen molar-refractivity contribution in [3.05, 3.63) is 88.4 Å². The van der Waals surface area contributed by atoms with Crippen LogP contribution >= 0.6 is 23.4 Å². The molecule has 0 saturated carbocycles. The highest BCUT2D eigenvalue weighted by Gasteiger charge is 2.18. The average molecular weight is 463 g/mol. The lowest BCUT2D eigenvalue weighted by Crippen LogP contribution is -2.15. The van der Waals surface area contributed by atoms with E-state index in [1.165, 1.54) is 11.8 Å². The molecule has 0 aliphatic carbocycles. The molecule has 0 unspecified atom stereocenters. The first-order valence-corrected chi connectivity index (χ1v) is 11.6. The van der Waals surface area contributed by atoms with Crippen LogP contribution in [0.3, 0.4) is 0 Å². The van der Waals surface area contributed by atoms with Crippen LogP contribution in [0.15, 0.2) is 71.9 Å². The molecule has 0 saturated heterocycles. The number of carbonyl (C=O) groups excluding carboxylic acids is 1. The fourth-order valence-electron chi connectivity index (χ4n) is 3.34. The van der Waals surface area contributed by atoms with E-state index >= 15 is 0 Å². The third-order valence-electron chi connectivity index (χ3n) is 5.00. The van der Waals surface area contributed by atoms with Gasteiger partial charge in [0.25, 0.3) is 0 Å². The predicted octanol–water partition coefficient (Wildman–Crippen LogP) is 6.24. The second-order valence-corrected chi connectivity index (χ2v) is 9.02. The number of amides is 1. The number of anilines is 1. The van der Waals surface area contributed by atoms with Crippen LogP contribution in [0.2, 0.25) is 5.02 Å². The molecule has 1 N–H and O–H groups in total. The van der Waals surface area contributed by atoms with Gasteiger partial charge in [-0.1, -0.05) is 47.6 Å². The van der Waals surface area contributed by atoms with Crippen molar-refractivity contribution in [1.82, 2.24) is 14.8 Å². The number of aromatic nitrogens is 3. The zero-order valence-corrected chi connectivity index (χ0v) is 19.7. The first kappa shape index (κ1) is 22.1. The molecule has 162 valence electrons. The molecule has 0 bridgehead atoms. The number of benzene rings is 3. The molecular weight excluding hydrogens is 440 g/mol. The highest BCUT2D eigenvalue weighted by atomic mass is 35.5. The average Bonchev–Trinajstić information content (AvgIpc) is 3.19. The standard InChI is InChI=1S/C25H23ClN4OS/c1-16-5-4-6-21(13-16)30-24(19-9-11-20(26)12-10-19)28-29-25(30)32-15-23(31)27-22-14-17(2)7-8-18(22)3/h4-14H,15H2,1-3H3,(H,27,31). The van der Waals surface area contributed by atoms with Gasteiger partial charge in [0.05, 0.1) is 5.75 Å². The van der Waals surface area contributed by atoms with Crippen molar-refractivity contribution in [3.8, 4) is 17.1 Å². The number of nitrogens with one attached hydrogen (secondary N) is 1. The number of rotatable bonds is 6. The van der Waals surface area contributed by atoms with Gasteiger partial charge in [0.15, 0.2) is 11.0 Å². The molecule has 4 aromatic rings. The molecule has 5 nitrogen and oxygen atoms in total. The van der Waals surface area contributed by atoms with Gasteiger partial charge in [-0.25, -0.2) is 0 Å². The number of nitrogens with zero attached hydrogens (tertiary/aromatic N) is 3. The lowest BCUT2D eigenvalue weighted by molar-refractivity contribution is -0.113. The molecule has 32 heavy (non-hydrogen) atoms. The molecule has 1 heterocycles. The molecule has 0 spiro atoms. The second-order valence-electron chi connectivity index (χ2n) is 7.64. The van der Waals surface area contributed by atoms with E-state index in [4.69, 9.17) is 11.6 Å². The molecule has 0 radical (unpaired) electrons. The number of aryl methyl sites for hydroxylation is 3. The van der Waals surface area contributed by atoms with Crippen LogP contribution in [-0.2, 0) is 4.79 Å². The summed E-state index contributed by atoms with van der Waals surface area (Å²) in [5, 5.41) is 13.1. The Morgan fingerprint density at radius 1 is 0.969 bits per heavy atom. The van der Waals surface area contributed by atoms with Crippen LogP contribution in [0.25, 0.3) is 17.1 Å². The summed E-state index contributed by atoms with van der Waals surface area (Å²) in [4.78, 5) is 12.7. The van der Waals surface area contributed by atoms with Crippen LogP contribution in [0.1, 0.15) is 16.7 Å². The smallest absolute Gasteiger partial charge is 0.234 e. The van der Waals surface area contributed by atoms with E-state index in [1.54, 1.807) is 0 Å². The zero-order valence-electron chi connectivity index (χ0n) is 18.1. The molecule has 0 aliphatic rings. The van der Waals surface area contributed by atoms with E-state index in [9.17, 15) is 4.79 Å². The lowest BCUT2D eigenvalue weighted by atomic mass is 10.1. The molecule has 0 fully saturated rings. The third kappa shape index (κ3) is 5.03. The highest BCUT2D eigenvalue weighted by molar-refractivity contribution is 7.99. The van der Waals surface area contributed by atoms with Gasteiger partial charge < -0.3 is 5.32 Å². The lowest BCUT2D eigenvalue weighted by Gasteiger charge is -2.12. The number of halogens is 1. The highest BCUT2D eigenvalue weighted by Crippen LogP contribution is 2.29. The van der Waals surface area contributed by atoms with Gasteiger partial charge in [-0.2, -0.15) is 0 Å². The molecule has 1 amide bonds. The summed E-state index contributed by atoms with van der Waals surface area (Å²) in [6, 6.07) is 21.6. The number of hydrogen-bond donors (Lipinski definition) is 1. The van der Waals surface area contributed by atoms with E-state index in [0.29, 0.717) is 16.0 Å². The summed E-state index contributed by atoms with van der Waals surface area (Å²) >= 11 is 7.42. The van der Waals surface area contributed by atoms with Crippen molar-refractivity contribution in [2.24, 2.45) is 0 Å². The number of carbonyl (C=O) groups is 1. The largest absolute Gasteiger partial charge is 0.325 e. The van der Waals surface area contributed by atoms with Crippen LogP contribution in [0.5, 0.6) is 0 Å². The minimum Gasteiger partial charge on any atom is -0.325 e. The molecule has 1 aromatic heterocycles. The SMILES string of the molecule is Cc1cccc(-n2c(SCC(=O)Nc3cc(C)ccc3C)nnc2-c2ccc(Cl)cc2)c1. The van der Waals surface area contributed by atoms with Crippen molar-refractivity contribution in [2.75, 3.05) is 11.1 Å². The molecule has 0 atom stereocenters. The van der Waals surface area contributed by atoms with Gasteiger partial charge in [-0.3, -0.25) is 9.36 Å². The van der Waals surface area contributed by atoms with Gasteiger partial charge in [-0.05, 0) is 79.9 Å². The maximum absolute atomic E-state index is 12.7. The van der Waals surface area contributed by atoms with E-state index < -0.39 is 0 Å². The summed E-state index contributed by atoms with van der Waals surface area (Å²) in [6.45, 7) is 6.03. The quantitative estimate of drug-likeness (QED) is 0.344. The maximum atomic E-state index is 12.7. The van der Waals surface area contributed by atoms with Crippen LogP contribution in [0.4, 0.5) is 5.69 Å². The Kier molecular flexibility index (Phi) is 6.63. The predicted molar refractivity (Wildman–Crippen MR) is 132 cm³/mol. The minimum atomic E-state index is -0.0875. The topological polar surface area (TPSA) is 59.8 Å². The van der Waals surface area contributed by atoms with Crippen molar-refractivity contribution in [2.45, 2.75) is 25.9 Å². The van der Waals surface area contributed by atoms with Crippen molar-refractivity contribution >= 4 is 35.0 Å². The van der Waals surface area contributed by atoms with Crippen LogP contribution in [0, 0.1) is 20.8 Å². The maximum Gasteiger partial charge on any atom is 0.234 e.